The number of hydrogen-bond acceptors (Lipinski definition) is 4. The molecule has 0 radical (unpaired) electrons. The largest absolute Gasteiger partial charge is 0.324 e. The lowest BCUT2D eigenvalue weighted by Gasteiger charge is -2.41. The number of likely N-dealkylation sites (tertiary alicyclic amines) is 1. The standard InChI is InChI=1S/C23H33FN4O2/c24-19-9-8-16(14-20-17-6-2-3-7-18(17)23(30)27-26-20)15-21(19)25-22(29)10-13-28-11-4-1-5-12-28/h8-9,15,17-18,20,26H,1-7,10-14H2,(H,25,29)(H,27,30). The molecule has 3 atom stereocenters. The van der Waals surface area contributed by atoms with Gasteiger partial charge in [0.05, 0.1) is 5.69 Å². The van der Waals surface area contributed by atoms with Crippen LogP contribution in [0.5, 0.6) is 0 Å². The summed E-state index contributed by atoms with van der Waals surface area (Å²) in [6.45, 7) is 2.82. The summed E-state index contributed by atoms with van der Waals surface area (Å²) in [5.74, 6) is -0.0891. The minimum atomic E-state index is -0.412. The highest BCUT2D eigenvalue weighted by Crippen LogP contribution is 2.35. The van der Waals surface area contributed by atoms with Gasteiger partial charge in [-0.15, -0.1) is 0 Å². The molecule has 2 saturated heterocycles. The molecule has 2 amide bonds. The van der Waals surface area contributed by atoms with Crippen LogP contribution in [0.1, 0.15) is 56.9 Å². The van der Waals surface area contributed by atoms with E-state index in [4.69, 9.17) is 0 Å². The first-order chi connectivity index (χ1) is 14.6. The van der Waals surface area contributed by atoms with Gasteiger partial charge in [0, 0.05) is 24.9 Å². The monoisotopic (exact) mass is 416 g/mol. The summed E-state index contributed by atoms with van der Waals surface area (Å²) in [5, 5.41) is 2.76. The number of piperidine rings is 1. The summed E-state index contributed by atoms with van der Waals surface area (Å²) < 4.78 is 14.3. The highest BCUT2D eigenvalue weighted by Gasteiger charge is 2.39. The number of halogens is 1. The van der Waals surface area contributed by atoms with Crippen LogP contribution in [0.2, 0.25) is 0 Å². The minimum absolute atomic E-state index is 0.0689. The molecule has 2 aliphatic heterocycles. The molecule has 6 nitrogen and oxygen atoms in total. The van der Waals surface area contributed by atoms with Crippen molar-refractivity contribution in [3.63, 3.8) is 0 Å². The van der Waals surface area contributed by atoms with Crippen LogP contribution in [0.4, 0.5) is 10.1 Å². The molecular weight excluding hydrogens is 383 g/mol. The number of carbonyl (C=O) groups is 2. The van der Waals surface area contributed by atoms with E-state index in [1.165, 1.54) is 25.3 Å². The first-order valence-electron chi connectivity index (χ1n) is 11.5. The Morgan fingerprint density at radius 3 is 2.77 bits per heavy atom. The van der Waals surface area contributed by atoms with Gasteiger partial charge >= 0.3 is 0 Å². The molecule has 30 heavy (non-hydrogen) atoms. The fraction of sp³-hybridized carbons (Fsp3) is 0.652. The second kappa shape index (κ2) is 9.88. The molecule has 4 rings (SSSR count). The predicted molar refractivity (Wildman–Crippen MR) is 114 cm³/mol. The Morgan fingerprint density at radius 1 is 1.13 bits per heavy atom. The van der Waals surface area contributed by atoms with Crippen LogP contribution in [-0.4, -0.2) is 42.4 Å². The third kappa shape index (κ3) is 5.19. The molecule has 1 aromatic carbocycles. The average Bonchev–Trinajstić information content (AvgIpc) is 2.77. The Bertz CT molecular complexity index is 766. The van der Waals surface area contributed by atoms with Gasteiger partial charge in [0.1, 0.15) is 5.82 Å². The summed E-state index contributed by atoms with van der Waals surface area (Å²) in [6, 6.07) is 5.06. The molecule has 7 heteroatoms. The predicted octanol–water partition coefficient (Wildman–Crippen LogP) is 2.99. The number of carbonyl (C=O) groups excluding carboxylic acids is 2. The maximum atomic E-state index is 14.3. The smallest absolute Gasteiger partial charge is 0.237 e. The second-order valence-electron chi connectivity index (χ2n) is 9.01. The number of rotatable bonds is 6. The van der Waals surface area contributed by atoms with E-state index in [1.807, 2.05) is 0 Å². The van der Waals surface area contributed by atoms with E-state index in [0.29, 0.717) is 18.8 Å². The summed E-state index contributed by atoms with van der Waals surface area (Å²) in [4.78, 5) is 26.8. The molecular formula is C23H33FN4O2. The summed E-state index contributed by atoms with van der Waals surface area (Å²) in [5.41, 5.74) is 7.19. The molecule has 1 aliphatic carbocycles. The van der Waals surface area contributed by atoms with Gasteiger partial charge in [0.25, 0.3) is 0 Å². The highest BCUT2D eigenvalue weighted by molar-refractivity contribution is 5.91. The molecule has 3 unspecified atom stereocenters. The molecule has 3 N–H and O–H groups in total. The van der Waals surface area contributed by atoms with Gasteiger partial charge in [-0.25, -0.2) is 9.82 Å². The van der Waals surface area contributed by atoms with Gasteiger partial charge in [-0.2, -0.15) is 0 Å². The number of hydrogen-bond donors (Lipinski definition) is 3. The Kier molecular flexibility index (Phi) is 7.00. The highest BCUT2D eigenvalue weighted by atomic mass is 19.1. The van der Waals surface area contributed by atoms with E-state index in [2.05, 4.69) is 21.1 Å². The molecule has 2 heterocycles. The van der Waals surface area contributed by atoms with Crippen molar-refractivity contribution in [2.75, 3.05) is 25.0 Å². The van der Waals surface area contributed by atoms with Crippen molar-refractivity contribution in [3.05, 3.63) is 29.6 Å². The van der Waals surface area contributed by atoms with Crippen molar-refractivity contribution in [3.8, 4) is 0 Å². The minimum Gasteiger partial charge on any atom is -0.324 e. The zero-order valence-electron chi connectivity index (χ0n) is 17.6. The summed E-state index contributed by atoms with van der Waals surface area (Å²) in [6.07, 6.45) is 8.95. The molecule has 3 aliphatic rings. The molecule has 0 bridgehead atoms. The third-order valence-corrected chi connectivity index (χ3v) is 6.92. The number of fused-ring (bicyclic) bond motifs is 1. The zero-order valence-corrected chi connectivity index (χ0v) is 17.6. The van der Waals surface area contributed by atoms with Crippen molar-refractivity contribution in [2.24, 2.45) is 11.8 Å². The molecule has 3 fully saturated rings. The van der Waals surface area contributed by atoms with Crippen LogP contribution in [0.25, 0.3) is 0 Å². The number of nitrogens with zero attached hydrogens (tertiary/aromatic N) is 1. The Hall–Kier alpha value is -1.99. The first-order valence-corrected chi connectivity index (χ1v) is 11.5. The Balaban J connectivity index is 1.35. The van der Waals surface area contributed by atoms with Crippen LogP contribution in [0.15, 0.2) is 18.2 Å². The maximum Gasteiger partial charge on any atom is 0.237 e. The van der Waals surface area contributed by atoms with E-state index in [1.54, 1.807) is 12.1 Å². The van der Waals surface area contributed by atoms with Gasteiger partial charge in [-0.3, -0.25) is 15.0 Å². The average molecular weight is 417 g/mol. The second-order valence-corrected chi connectivity index (χ2v) is 9.01. The van der Waals surface area contributed by atoms with Crippen molar-refractivity contribution in [2.45, 2.75) is 63.8 Å². The lowest BCUT2D eigenvalue weighted by molar-refractivity contribution is -0.133. The molecule has 1 saturated carbocycles. The SMILES string of the molecule is O=C(CCN1CCCCC1)Nc1cc(CC2NNC(=O)C3CCCCC23)ccc1F. The summed E-state index contributed by atoms with van der Waals surface area (Å²) >= 11 is 0. The fourth-order valence-electron chi connectivity index (χ4n) is 5.24. The van der Waals surface area contributed by atoms with Crippen LogP contribution in [0.3, 0.4) is 0 Å². The Labute approximate surface area is 177 Å². The van der Waals surface area contributed by atoms with Gasteiger partial charge in [0.2, 0.25) is 11.8 Å². The van der Waals surface area contributed by atoms with Crippen molar-refractivity contribution >= 4 is 17.5 Å². The number of anilines is 1. The zero-order chi connectivity index (χ0) is 20.9. The van der Waals surface area contributed by atoms with Gasteiger partial charge in [0.15, 0.2) is 0 Å². The first kappa shape index (κ1) is 21.2. The quantitative estimate of drug-likeness (QED) is 0.667. The normalized spacial score (nSPS) is 27.2. The third-order valence-electron chi connectivity index (χ3n) is 6.92. The number of benzene rings is 1. The molecule has 164 valence electrons. The van der Waals surface area contributed by atoms with Crippen LogP contribution in [0, 0.1) is 17.7 Å². The Morgan fingerprint density at radius 2 is 1.93 bits per heavy atom. The number of amides is 2. The van der Waals surface area contributed by atoms with Gasteiger partial charge in [-0.1, -0.05) is 25.3 Å². The van der Waals surface area contributed by atoms with Crippen molar-refractivity contribution < 1.29 is 14.0 Å². The van der Waals surface area contributed by atoms with Crippen LogP contribution >= 0.6 is 0 Å². The van der Waals surface area contributed by atoms with Crippen molar-refractivity contribution in [1.29, 1.82) is 0 Å². The fourth-order valence-corrected chi connectivity index (χ4v) is 5.24. The molecule has 0 aromatic heterocycles. The molecule has 0 spiro atoms. The van der Waals surface area contributed by atoms with Crippen LogP contribution in [-0.2, 0) is 16.0 Å². The topological polar surface area (TPSA) is 73.5 Å². The lowest BCUT2D eigenvalue weighted by atomic mass is 9.72. The van der Waals surface area contributed by atoms with E-state index in [9.17, 15) is 14.0 Å². The van der Waals surface area contributed by atoms with E-state index < -0.39 is 5.82 Å². The van der Waals surface area contributed by atoms with Crippen LogP contribution < -0.4 is 16.2 Å². The van der Waals surface area contributed by atoms with Gasteiger partial charge in [-0.05, 0) is 68.8 Å². The van der Waals surface area contributed by atoms with E-state index >= 15 is 0 Å². The summed E-state index contributed by atoms with van der Waals surface area (Å²) in [7, 11) is 0. The van der Waals surface area contributed by atoms with Crippen molar-refractivity contribution in [1.82, 2.24) is 15.8 Å². The number of nitrogens with one attached hydrogen (secondary N) is 3. The lowest BCUT2D eigenvalue weighted by Crippen LogP contribution is -2.60. The molecule has 1 aromatic rings. The van der Waals surface area contributed by atoms with E-state index in [-0.39, 0.29) is 29.5 Å². The van der Waals surface area contributed by atoms with E-state index in [0.717, 1.165) is 50.9 Å². The number of hydrazine groups is 1. The maximum absolute atomic E-state index is 14.3. The van der Waals surface area contributed by atoms with Gasteiger partial charge < -0.3 is 10.2 Å².